The molecule has 6 N–H and O–H groups in total. The first-order valence-electron chi connectivity index (χ1n) is 7.53. The molecular weight excluding hydrogens is 481 g/mol. The molecule has 1 aromatic heterocycles. The minimum Gasteiger partial charge on any atom is -0.390 e. The Hall–Kier alpha value is -0.570. The van der Waals surface area contributed by atoms with Gasteiger partial charge in [-0.25, -0.2) is 18.5 Å². The number of hydrogen-bond donors (Lipinski definition) is 6. The van der Waals surface area contributed by atoms with Crippen LogP contribution in [0.15, 0.2) is 17.1 Å². The molecule has 0 spiro atoms. The van der Waals surface area contributed by atoms with Gasteiger partial charge in [-0.15, -0.1) is 0 Å². The number of aliphatic hydroxyl groups is 1. The summed E-state index contributed by atoms with van der Waals surface area (Å²) in [6, 6.07) is 1.40. The molecule has 0 aromatic carbocycles. The lowest BCUT2D eigenvalue weighted by molar-refractivity contribution is -0.0467. The normalized spacial score (nSPS) is 29.3. The zero-order valence-electron chi connectivity index (χ0n) is 14.4. The molecule has 166 valence electrons. The molecule has 15 nitrogen and oxygen atoms in total. The molecule has 2 rings (SSSR count). The van der Waals surface area contributed by atoms with Crippen molar-refractivity contribution < 1.29 is 56.3 Å². The largest absolute Gasteiger partial charge is 0.490 e. The van der Waals surface area contributed by atoms with Crippen LogP contribution in [0.5, 0.6) is 0 Å². The van der Waals surface area contributed by atoms with Gasteiger partial charge in [0.05, 0.1) is 12.7 Å². The Bertz CT molecular complexity index is 1000. The van der Waals surface area contributed by atoms with Gasteiger partial charge in [-0.05, 0) is 6.07 Å². The van der Waals surface area contributed by atoms with E-state index in [-0.39, 0.29) is 4.64 Å². The fourth-order valence-electron chi connectivity index (χ4n) is 2.45. The van der Waals surface area contributed by atoms with Crippen LogP contribution in [0, 0.1) is 10.6 Å². The Morgan fingerprint density at radius 1 is 1.21 bits per heavy atom. The zero-order valence-corrected chi connectivity index (χ0v) is 17.9. The van der Waals surface area contributed by atoms with Gasteiger partial charge in [0, 0.05) is 12.1 Å². The van der Waals surface area contributed by atoms with Crippen molar-refractivity contribution in [1.82, 2.24) is 9.55 Å². The standard InChI is InChI=1S/C10H17N2O13P3S/c1-5-8(13)6(23-9(5)12-3-2-7(29)11-10(12)14)4-22-27(18,19)25-28(20,21)24-26(15,16)17/h2-3,5-6,8-9,13H,4H2,1H3,(H,18,19)(H,20,21)(H,11,14,29)(H2,15,16,17)/t5-,6-,8+,9-/m1/s1. The molecule has 2 unspecified atom stereocenters. The van der Waals surface area contributed by atoms with Crippen LogP contribution in [0.2, 0.25) is 0 Å². The highest BCUT2D eigenvalue weighted by molar-refractivity contribution is 7.71. The summed E-state index contributed by atoms with van der Waals surface area (Å²) in [7, 11) is -16.5. The van der Waals surface area contributed by atoms with Crippen molar-refractivity contribution in [3.63, 3.8) is 0 Å². The number of rotatable bonds is 8. The average Bonchev–Trinajstić information content (AvgIpc) is 2.78. The van der Waals surface area contributed by atoms with Gasteiger partial charge in [-0.1, -0.05) is 19.1 Å². The first-order valence-corrected chi connectivity index (χ1v) is 12.5. The maximum atomic E-state index is 12.0. The van der Waals surface area contributed by atoms with Crippen molar-refractivity contribution in [3.05, 3.63) is 27.4 Å². The SMILES string of the molecule is C[C@@H]1[C@H](O)[C@@H](COP(=O)(O)OP(=O)(O)OP(=O)(O)O)O[C@H]1n1ccc(=S)[nH]c1=O. The molecule has 0 radical (unpaired) electrons. The minimum atomic E-state index is -5.66. The lowest BCUT2D eigenvalue weighted by Gasteiger charge is -2.19. The van der Waals surface area contributed by atoms with Gasteiger partial charge in [-0.2, -0.15) is 8.62 Å². The number of hydrogen-bond acceptors (Lipinski definition) is 10. The zero-order chi connectivity index (χ0) is 22.2. The van der Waals surface area contributed by atoms with Crippen LogP contribution in [-0.2, 0) is 31.6 Å². The molecule has 1 aromatic rings. The lowest BCUT2D eigenvalue weighted by Crippen LogP contribution is -2.30. The predicted molar refractivity (Wildman–Crippen MR) is 94.8 cm³/mol. The summed E-state index contributed by atoms with van der Waals surface area (Å²) >= 11 is 4.81. The Labute approximate surface area is 167 Å². The summed E-state index contributed by atoms with van der Waals surface area (Å²) in [5, 5.41) is 10.2. The van der Waals surface area contributed by atoms with Crippen LogP contribution in [0.3, 0.4) is 0 Å². The van der Waals surface area contributed by atoms with Crippen LogP contribution in [0.25, 0.3) is 0 Å². The van der Waals surface area contributed by atoms with E-state index in [2.05, 4.69) is 18.1 Å². The Morgan fingerprint density at radius 3 is 2.38 bits per heavy atom. The fraction of sp³-hybridized carbons (Fsp3) is 0.600. The second-order valence-corrected chi connectivity index (χ2v) is 10.7. The summed E-state index contributed by atoms with van der Waals surface area (Å²) in [4.78, 5) is 49.8. The van der Waals surface area contributed by atoms with E-state index >= 15 is 0 Å². The number of aromatic amines is 1. The number of nitrogens with one attached hydrogen (secondary N) is 1. The lowest BCUT2D eigenvalue weighted by atomic mass is 10.0. The van der Waals surface area contributed by atoms with Crippen LogP contribution in [0.4, 0.5) is 0 Å². The number of nitrogens with zero attached hydrogens (tertiary/aromatic N) is 1. The second kappa shape index (κ2) is 8.89. The number of phosphoric ester groups is 1. The van der Waals surface area contributed by atoms with Crippen molar-refractivity contribution in [1.29, 1.82) is 0 Å². The first-order chi connectivity index (χ1) is 13.1. The molecule has 0 aliphatic carbocycles. The smallest absolute Gasteiger partial charge is 0.390 e. The summed E-state index contributed by atoms with van der Waals surface area (Å²) in [5.41, 5.74) is -0.630. The van der Waals surface area contributed by atoms with E-state index in [0.717, 1.165) is 4.57 Å². The van der Waals surface area contributed by atoms with Crippen molar-refractivity contribution in [2.75, 3.05) is 6.61 Å². The second-order valence-electron chi connectivity index (χ2n) is 5.82. The molecule has 1 fully saturated rings. The van der Waals surface area contributed by atoms with E-state index < -0.39 is 60.1 Å². The minimum absolute atomic E-state index is 0.168. The third kappa shape index (κ3) is 6.97. The highest BCUT2D eigenvalue weighted by Gasteiger charge is 2.45. The van der Waals surface area contributed by atoms with Gasteiger partial charge in [0.1, 0.15) is 17.0 Å². The number of phosphoric acid groups is 3. The van der Waals surface area contributed by atoms with Crippen LogP contribution >= 0.6 is 35.7 Å². The number of ether oxygens (including phenoxy) is 1. The van der Waals surface area contributed by atoms with E-state index in [1.807, 2.05) is 0 Å². The van der Waals surface area contributed by atoms with Crippen molar-refractivity contribution in [3.8, 4) is 0 Å². The molecule has 0 amide bonds. The molecule has 6 atom stereocenters. The van der Waals surface area contributed by atoms with Gasteiger partial charge < -0.3 is 29.4 Å². The maximum Gasteiger partial charge on any atom is 0.490 e. The van der Waals surface area contributed by atoms with E-state index in [1.165, 1.54) is 19.2 Å². The van der Waals surface area contributed by atoms with Gasteiger partial charge in [-0.3, -0.25) is 14.1 Å². The summed E-state index contributed by atoms with van der Waals surface area (Å²) in [6.07, 6.45) is -2.24. The third-order valence-corrected chi connectivity index (χ3v) is 7.67. The monoisotopic (exact) mass is 498 g/mol. The highest BCUT2D eigenvalue weighted by Crippen LogP contribution is 2.66. The number of H-pyrrole nitrogens is 1. The predicted octanol–water partition coefficient (Wildman–Crippen LogP) is 0.144. The summed E-state index contributed by atoms with van der Waals surface area (Å²) < 4.78 is 51.9. The van der Waals surface area contributed by atoms with Gasteiger partial charge in [0.15, 0.2) is 0 Å². The van der Waals surface area contributed by atoms with Crippen molar-refractivity contribution in [2.24, 2.45) is 5.92 Å². The molecule has 19 heteroatoms. The topological polar surface area (TPSA) is 227 Å². The summed E-state index contributed by atoms with van der Waals surface area (Å²) in [5.74, 6) is -0.688. The molecular formula is C10H17N2O13P3S. The average molecular weight is 498 g/mol. The third-order valence-electron chi connectivity index (χ3n) is 3.63. The Morgan fingerprint density at radius 2 is 1.83 bits per heavy atom. The van der Waals surface area contributed by atoms with Crippen LogP contribution in [-0.4, -0.2) is 53.0 Å². The van der Waals surface area contributed by atoms with E-state index in [0.29, 0.717) is 0 Å². The van der Waals surface area contributed by atoms with Crippen LogP contribution in [0.1, 0.15) is 13.2 Å². The van der Waals surface area contributed by atoms with Gasteiger partial charge in [0.25, 0.3) is 0 Å². The molecule has 0 saturated carbocycles. The summed E-state index contributed by atoms with van der Waals surface area (Å²) in [6.45, 7) is 0.678. The van der Waals surface area contributed by atoms with Crippen molar-refractivity contribution >= 4 is 35.7 Å². The van der Waals surface area contributed by atoms with Gasteiger partial charge >= 0.3 is 29.2 Å². The quantitative estimate of drug-likeness (QED) is 0.207. The molecule has 1 aliphatic heterocycles. The molecule has 1 aliphatic rings. The Balaban J connectivity index is 2.06. The molecule has 29 heavy (non-hydrogen) atoms. The van der Waals surface area contributed by atoms with Crippen molar-refractivity contribution in [2.45, 2.75) is 25.4 Å². The molecule has 2 heterocycles. The fourth-order valence-corrected chi connectivity index (χ4v) is 5.62. The Kier molecular flexibility index (Phi) is 7.57. The molecule has 1 saturated heterocycles. The number of aromatic nitrogens is 2. The maximum absolute atomic E-state index is 12.0. The highest BCUT2D eigenvalue weighted by atomic mass is 32.1. The molecule has 0 bridgehead atoms. The van der Waals surface area contributed by atoms with E-state index in [4.69, 9.17) is 31.6 Å². The van der Waals surface area contributed by atoms with Crippen LogP contribution < -0.4 is 5.69 Å². The van der Waals surface area contributed by atoms with Gasteiger partial charge in [0.2, 0.25) is 0 Å². The number of aliphatic hydroxyl groups excluding tert-OH is 1. The van der Waals surface area contributed by atoms with E-state index in [9.17, 15) is 28.5 Å². The first kappa shape index (κ1) is 24.7. The van der Waals surface area contributed by atoms with E-state index in [1.54, 1.807) is 0 Å².